The van der Waals surface area contributed by atoms with Crippen LogP contribution in [0.5, 0.6) is 5.75 Å². The monoisotopic (exact) mass is 330 g/mol. The third-order valence-corrected chi connectivity index (χ3v) is 5.95. The van der Waals surface area contributed by atoms with Gasteiger partial charge >= 0.3 is 0 Å². The molecule has 0 aromatic heterocycles. The summed E-state index contributed by atoms with van der Waals surface area (Å²) in [6.45, 7) is 3.75. The van der Waals surface area contributed by atoms with Crippen molar-refractivity contribution in [1.82, 2.24) is 4.90 Å². The molecule has 24 heavy (non-hydrogen) atoms. The molecular formula is C20H30N2O2. The van der Waals surface area contributed by atoms with Crippen LogP contribution in [0.2, 0.25) is 0 Å². The number of likely N-dealkylation sites (tertiary alicyclic amines) is 1. The Hall–Kier alpha value is -1.55. The summed E-state index contributed by atoms with van der Waals surface area (Å²) < 4.78 is 5.23. The Balaban J connectivity index is 1.59. The fraction of sp³-hybridized carbons (Fsp3) is 0.650. The van der Waals surface area contributed by atoms with Crippen molar-refractivity contribution in [2.45, 2.75) is 56.9 Å². The van der Waals surface area contributed by atoms with Gasteiger partial charge in [0.15, 0.2) is 0 Å². The molecule has 2 fully saturated rings. The van der Waals surface area contributed by atoms with E-state index in [2.05, 4.69) is 24.0 Å². The van der Waals surface area contributed by atoms with Crippen molar-refractivity contribution in [3.05, 3.63) is 29.8 Å². The molecule has 1 aromatic rings. The molecule has 1 amide bonds. The van der Waals surface area contributed by atoms with Crippen LogP contribution < -0.4 is 10.5 Å². The number of hydrogen-bond acceptors (Lipinski definition) is 3. The van der Waals surface area contributed by atoms with Crippen LogP contribution >= 0.6 is 0 Å². The molecule has 1 saturated heterocycles. The second kappa shape index (κ2) is 7.14. The first-order valence-electron chi connectivity index (χ1n) is 9.23. The van der Waals surface area contributed by atoms with E-state index in [9.17, 15) is 4.79 Å². The zero-order chi connectivity index (χ0) is 17.2. The number of benzene rings is 1. The summed E-state index contributed by atoms with van der Waals surface area (Å²) in [7, 11) is 1.69. The van der Waals surface area contributed by atoms with E-state index < -0.39 is 0 Å². The van der Waals surface area contributed by atoms with Gasteiger partial charge in [0.25, 0.3) is 0 Å². The Morgan fingerprint density at radius 3 is 2.42 bits per heavy atom. The van der Waals surface area contributed by atoms with Crippen molar-refractivity contribution in [2.24, 2.45) is 11.7 Å². The van der Waals surface area contributed by atoms with Crippen LogP contribution in [-0.4, -0.2) is 36.5 Å². The standard InChI is InChI=1S/C20H30N2O2/c1-20(21)12-4-3-5-18(20)19(23)22-13-10-16(11-14-22)15-6-8-17(24-2)9-7-15/h6-9,16,18H,3-5,10-14,21H2,1-2H3. The summed E-state index contributed by atoms with van der Waals surface area (Å²) in [5, 5.41) is 0. The molecule has 0 bridgehead atoms. The van der Waals surface area contributed by atoms with Crippen molar-refractivity contribution in [3.63, 3.8) is 0 Å². The number of amides is 1. The highest BCUT2D eigenvalue weighted by Crippen LogP contribution is 2.35. The van der Waals surface area contributed by atoms with E-state index in [0.717, 1.165) is 57.4 Å². The van der Waals surface area contributed by atoms with Gasteiger partial charge in [0.1, 0.15) is 5.75 Å². The summed E-state index contributed by atoms with van der Waals surface area (Å²) in [5.74, 6) is 1.72. The Bertz CT molecular complexity index is 560. The number of rotatable bonds is 3. The van der Waals surface area contributed by atoms with Crippen molar-refractivity contribution < 1.29 is 9.53 Å². The number of ether oxygens (including phenoxy) is 1. The SMILES string of the molecule is COc1ccc(C2CCN(C(=O)C3CCCCC3(C)N)CC2)cc1. The van der Waals surface area contributed by atoms with Crippen LogP contribution in [0.3, 0.4) is 0 Å². The first-order valence-corrected chi connectivity index (χ1v) is 9.23. The maximum atomic E-state index is 12.9. The zero-order valence-electron chi connectivity index (χ0n) is 15.0. The maximum absolute atomic E-state index is 12.9. The summed E-state index contributed by atoms with van der Waals surface area (Å²) in [4.78, 5) is 15.0. The lowest BCUT2D eigenvalue weighted by molar-refractivity contribution is -0.140. The fourth-order valence-electron chi connectivity index (χ4n) is 4.29. The summed E-state index contributed by atoms with van der Waals surface area (Å²) in [6.07, 6.45) is 6.26. The number of carbonyl (C=O) groups is 1. The van der Waals surface area contributed by atoms with Crippen molar-refractivity contribution >= 4 is 5.91 Å². The lowest BCUT2D eigenvalue weighted by atomic mass is 9.73. The third-order valence-electron chi connectivity index (χ3n) is 5.95. The van der Waals surface area contributed by atoms with Gasteiger partial charge in [-0.25, -0.2) is 0 Å². The molecule has 0 radical (unpaired) electrons. The van der Waals surface area contributed by atoms with Gasteiger partial charge in [-0.2, -0.15) is 0 Å². The number of piperidine rings is 1. The van der Waals surface area contributed by atoms with E-state index in [1.807, 2.05) is 12.1 Å². The highest BCUT2D eigenvalue weighted by molar-refractivity contribution is 5.80. The van der Waals surface area contributed by atoms with Gasteiger partial charge in [0.2, 0.25) is 5.91 Å². The second-order valence-electron chi connectivity index (χ2n) is 7.68. The lowest BCUT2D eigenvalue weighted by Gasteiger charge is -2.42. The Morgan fingerprint density at radius 2 is 1.83 bits per heavy atom. The van der Waals surface area contributed by atoms with Gasteiger partial charge in [0, 0.05) is 18.6 Å². The number of nitrogens with two attached hydrogens (primary N) is 1. The minimum absolute atomic E-state index is 0.00351. The Kier molecular flexibility index (Phi) is 5.14. The molecule has 3 rings (SSSR count). The highest BCUT2D eigenvalue weighted by Gasteiger charge is 2.40. The van der Waals surface area contributed by atoms with Crippen LogP contribution in [0.4, 0.5) is 0 Å². The molecule has 4 heteroatoms. The predicted molar refractivity (Wildman–Crippen MR) is 96.1 cm³/mol. The third kappa shape index (κ3) is 3.59. The molecule has 0 spiro atoms. The Morgan fingerprint density at radius 1 is 1.17 bits per heavy atom. The van der Waals surface area contributed by atoms with Crippen molar-refractivity contribution in [2.75, 3.05) is 20.2 Å². The number of hydrogen-bond donors (Lipinski definition) is 1. The normalized spacial score (nSPS) is 28.6. The number of methoxy groups -OCH3 is 1. The predicted octanol–water partition coefficient (Wildman–Crippen LogP) is 3.31. The van der Waals surface area contributed by atoms with E-state index in [1.165, 1.54) is 5.56 Å². The second-order valence-corrected chi connectivity index (χ2v) is 7.68. The molecule has 1 aromatic carbocycles. The van der Waals surface area contributed by atoms with E-state index in [-0.39, 0.29) is 17.4 Å². The average Bonchev–Trinajstić information content (AvgIpc) is 2.61. The van der Waals surface area contributed by atoms with Gasteiger partial charge in [0.05, 0.1) is 13.0 Å². The van der Waals surface area contributed by atoms with Crippen LogP contribution in [0, 0.1) is 5.92 Å². The smallest absolute Gasteiger partial charge is 0.227 e. The van der Waals surface area contributed by atoms with Crippen molar-refractivity contribution in [1.29, 1.82) is 0 Å². The molecule has 1 aliphatic heterocycles. The van der Waals surface area contributed by atoms with E-state index in [0.29, 0.717) is 5.92 Å². The maximum Gasteiger partial charge on any atom is 0.227 e. The molecule has 1 heterocycles. The minimum atomic E-state index is -0.331. The topological polar surface area (TPSA) is 55.6 Å². The average molecular weight is 330 g/mol. The largest absolute Gasteiger partial charge is 0.497 e. The van der Waals surface area contributed by atoms with Gasteiger partial charge in [-0.1, -0.05) is 25.0 Å². The van der Waals surface area contributed by atoms with Crippen molar-refractivity contribution in [3.8, 4) is 5.75 Å². The molecular weight excluding hydrogens is 300 g/mol. The van der Waals surface area contributed by atoms with Gasteiger partial charge in [-0.15, -0.1) is 0 Å². The fourth-order valence-corrected chi connectivity index (χ4v) is 4.29. The molecule has 1 saturated carbocycles. The first kappa shape index (κ1) is 17.3. The van der Waals surface area contributed by atoms with Crippen LogP contribution in [0.25, 0.3) is 0 Å². The summed E-state index contributed by atoms with van der Waals surface area (Å²) in [5.41, 5.74) is 7.44. The molecule has 4 nitrogen and oxygen atoms in total. The molecule has 1 aliphatic carbocycles. The lowest BCUT2D eigenvalue weighted by Crippen LogP contribution is -2.54. The van der Waals surface area contributed by atoms with E-state index >= 15 is 0 Å². The molecule has 2 N–H and O–H groups in total. The van der Waals surface area contributed by atoms with Gasteiger partial charge < -0.3 is 15.4 Å². The van der Waals surface area contributed by atoms with E-state index in [1.54, 1.807) is 7.11 Å². The minimum Gasteiger partial charge on any atom is -0.497 e. The van der Waals surface area contributed by atoms with E-state index in [4.69, 9.17) is 10.5 Å². The zero-order valence-corrected chi connectivity index (χ0v) is 15.0. The van der Waals surface area contributed by atoms with Crippen LogP contribution in [-0.2, 0) is 4.79 Å². The number of carbonyl (C=O) groups excluding carboxylic acids is 1. The summed E-state index contributed by atoms with van der Waals surface area (Å²) >= 11 is 0. The van der Waals surface area contributed by atoms with Gasteiger partial charge in [-0.3, -0.25) is 4.79 Å². The van der Waals surface area contributed by atoms with Crippen LogP contribution in [0.1, 0.15) is 56.9 Å². The quantitative estimate of drug-likeness (QED) is 0.925. The number of nitrogens with zero attached hydrogens (tertiary/aromatic N) is 1. The molecule has 2 atom stereocenters. The molecule has 132 valence electrons. The van der Waals surface area contributed by atoms with Crippen LogP contribution in [0.15, 0.2) is 24.3 Å². The molecule has 2 unspecified atom stereocenters. The summed E-state index contributed by atoms with van der Waals surface area (Å²) in [6, 6.07) is 8.35. The molecule has 2 aliphatic rings. The highest BCUT2D eigenvalue weighted by atomic mass is 16.5. The van der Waals surface area contributed by atoms with Gasteiger partial charge in [-0.05, 0) is 56.2 Å². The first-order chi connectivity index (χ1) is 11.5. The Labute approximate surface area is 145 Å².